The lowest BCUT2D eigenvalue weighted by atomic mass is 9.92. The Labute approximate surface area is 241 Å². The molecule has 41 heavy (non-hydrogen) atoms. The van der Waals surface area contributed by atoms with Gasteiger partial charge in [-0.25, -0.2) is 9.78 Å². The Balaban J connectivity index is 1.39. The summed E-state index contributed by atoms with van der Waals surface area (Å²) in [5, 5.41) is 2.84. The van der Waals surface area contributed by atoms with Crippen molar-refractivity contribution in [2.45, 2.75) is 57.8 Å². The van der Waals surface area contributed by atoms with E-state index in [4.69, 9.17) is 18.9 Å². The zero-order valence-corrected chi connectivity index (χ0v) is 24.3. The molecule has 2 heterocycles. The van der Waals surface area contributed by atoms with Crippen molar-refractivity contribution in [2.24, 2.45) is 11.8 Å². The third kappa shape index (κ3) is 7.95. The van der Waals surface area contributed by atoms with Crippen LogP contribution < -0.4 is 15.0 Å². The Bertz CT molecular complexity index is 1140. The zero-order chi connectivity index (χ0) is 29.2. The molecule has 2 atom stereocenters. The van der Waals surface area contributed by atoms with E-state index in [9.17, 15) is 14.0 Å². The van der Waals surface area contributed by atoms with Crippen LogP contribution in [0.4, 0.5) is 10.1 Å². The van der Waals surface area contributed by atoms with E-state index >= 15 is 0 Å². The molecule has 1 N–H and O–H groups in total. The average molecular weight is 572 g/mol. The average Bonchev–Trinajstić information content (AvgIpc) is 3.73. The number of carbonyl (C=O) groups excluding carboxylic acids is 2. The minimum Gasteiger partial charge on any atom is -0.476 e. The molecule has 1 aromatic carbocycles. The van der Waals surface area contributed by atoms with Crippen molar-refractivity contribution >= 4 is 17.6 Å². The largest absolute Gasteiger partial charge is 0.476 e. The number of rotatable bonds is 17. The molecule has 1 aliphatic heterocycles. The number of esters is 1. The van der Waals surface area contributed by atoms with Crippen molar-refractivity contribution in [3.05, 3.63) is 53.7 Å². The fourth-order valence-corrected chi connectivity index (χ4v) is 4.90. The summed E-state index contributed by atoms with van der Waals surface area (Å²) in [5.74, 6) is 0.0937. The van der Waals surface area contributed by atoms with E-state index in [2.05, 4.69) is 27.3 Å². The summed E-state index contributed by atoms with van der Waals surface area (Å²) in [6, 6.07) is 13.6. The highest BCUT2D eigenvalue weighted by Gasteiger charge is 2.40. The van der Waals surface area contributed by atoms with Gasteiger partial charge < -0.3 is 29.2 Å². The second kappa shape index (κ2) is 14.6. The predicted octanol–water partition coefficient (Wildman–Crippen LogP) is 4.34. The monoisotopic (exact) mass is 571 g/mol. The van der Waals surface area contributed by atoms with E-state index in [1.54, 1.807) is 27.0 Å². The summed E-state index contributed by atoms with van der Waals surface area (Å²) in [6.45, 7) is 6.14. The highest BCUT2D eigenvalue weighted by Crippen LogP contribution is 2.40. The van der Waals surface area contributed by atoms with Gasteiger partial charge in [0.2, 0.25) is 5.88 Å². The van der Waals surface area contributed by atoms with Crippen LogP contribution in [0.5, 0.6) is 5.88 Å². The van der Waals surface area contributed by atoms with Gasteiger partial charge >= 0.3 is 5.97 Å². The molecule has 9 nitrogen and oxygen atoms in total. The molecular weight excluding hydrogens is 529 g/mol. The van der Waals surface area contributed by atoms with Gasteiger partial charge in [0.25, 0.3) is 5.91 Å². The van der Waals surface area contributed by atoms with Crippen LogP contribution in [0.1, 0.15) is 55.6 Å². The van der Waals surface area contributed by atoms with Gasteiger partial charge in [-0.05, 0) is 48.8 Å². The van der Waals surface area contributed by atoms with Crippen molar-refractivity contribution in [1.29, 1.82) is 0 Å². The SMILES string of the molecule is CCC(CC)(NC(=O)c1ccc(N2CC(OC)C2)c(OC[C@H]2C[C@@H]2COCc2ccccc2)n1)C(=O)OCCCF. The Morgan fingerprint density at radius 3 is 2.49 bits per heavy atom. The number of nitrogens with zero attached hydrogens (tertiary/aromatic N) is 2. The topological polar surface area (TPSA) is 99.2 Å². The van der Waals surface area contributed by atoms with Crippen molar-refractivity contribution in [3.63, 3.8) is 0 Å². The lowest BCUT2D eigenvalue weighted by Crippen LogP contribution is -2.54. The van der Waals surface area contributed by atoms with Gasteiger partial charge in [-0.2, -0.15) is 0 Å². The first-order valence-corrected chi connectivity index (χ1v) is 14.5. The molecule has 1 aromatic heterocycles. The van der Waals surface area contributed by atoms with Gasteiger partial charge in [0.15, 0.2) is 0 Å². The Morgan fingerprint density at radius 1 is 1.07 bits per heavy atom. The van der Waals surface area contributed by atoms with Crippen LogP contribution in [0.3, 0.4) is 0 Å². The number of aromatic nitrogens is 1. The number of hydrogen-bond acceptors (Lipinski definition) is 8. The maximum Gasteiger partial charge on any atom is 0.331 e. The second-order valence-corrected chi connectivity index (χ2v) is 10.8. The predicted molar refractivity (Wildman–Crippen MR) is 153 cm³/mol. The zero-order valence-electron chi connectivity index (χ0n) is 24.3. The van der Waals surface area contributed by atoms with Crippen molar-refractivity contribution in [1.82, 2.24) is 10.3 Å². The third-order valence-corrected chi connectivity index (χ3v) is 8.00. The maximum atomic E-state index is 13.3. The lowest BCUT2D eigenvalue weighted by Gasteiger charge is -2.40. The summed E-state index contributed by atoms with van der Waals surface area (Å²) >= 11 is 0. The van der Waals surface area contributed by atoms with Crippen LogP contribution in [0, 0.1) is 11.8 Å². The van der Waals surface area contributed by atoms with Crippen molar-refractivity contribution in [2.75, 3.05) is 51.6 Å². The summed E-state index contributed by atoms with van der Waals surface area (Å²) in [4.78, 5) is 32.8. The first-order valence-electron chi connectivity index (χ1n) is 14.5. The van der Waals surface area contributed by atoms with E-state index in [0.29, 0.717) is 63.5 Å². The molecule has 10 heteroatoms. The number of pyridine rings is 1. The van der Waals surface area contributed by atoms with E-state index in [0.717, 1.165) is 17.7 Å². The number of anilines is 1. The van der Waals surface area contributed by atoms with Crippen LogP contribution >= 0.6 is 0 Å². The summed E-state index contributed by atoms with van der Waals surface area (Å²) in [7, 11) is 1.69. The molecule has 2 aliphatic rings. The van der Waals surface area contributed by atoms with Gasteiger partial charge in [-0.1, -0.05) is 44.2 Å². The minimum atomic E-state index is -1.22. The normalized spacial score (nSPS) is 18.5. The first-order chi connectivity index (χ1) is 19.9. The van der Waals surface area contributed by atoms with E-state index in [-0.39, 0.29) is 24.8 Å². The second-order valence-electron chi connectivity index (χ2n) is 10.8. The number of nitrogens with one attached hydrogen (secondary N) is 1. The van der Waals surface area contributed by atoms with Gasteiger partial charge in [0, 0.05) is 26.6 Å². The molecule has 2 aromatic rings. The highest BCUT2D eigenvalue weighted by atomic mass is 19.1. The fraction of sp³-hybridized carbons (Fsp3) is 0.581. The molecule has 0 spiro atoms. The van der Waals surface area contributed by atoms with E-state index in [1.807, 2.05) is 24.3 Å². The number of alkyl halides is 1. The molecule has 4 rings (SSSR count). The van der Waals surface area contributed by atoms with Crippen LogP contribution in [-0.2, 0) is 25.6 Å². The smallest absolute Gasteiger partial charge is 0.331 e. The number of amides is 1. The quantitative estimate of drug-likeness (QED) is 0.221. The lowest BCUT2D eigenvalue weighted by molar-refractivity contribution is -0.152. The molecule has 0 bridgehead atoms. The summed E-state index contributed by atoms with van der Waals surface area (Å²) < 4.78 is 35.3. The first kappa shape index (κ1) is 30.7. The molecule has 2 fully saturated rings. The van der Waals surface area contributed by atoms with E-state index < -0.39 is 24.1 Å². The maximum absolute atomic E-state index is 13.3. The van der Waals surface area contributed by atoms with Crippen LogP contribution in [0.25, 0.3) is 0 Å². The molecule has 0 radical (unpaired) electrons. The van der Waals surface area contributed by atoms with Crippen LogP contribution in [0.2, 0.25) is 0 Å². The van der Waals surface area contributed by atoms with Gasteiger partial charge in [0.05, 0.1) is 39.2 Å². The Kier molecular flexibility index (Phi) is 10.9. The molecule has 1 aliphatic carbocycles. The standard InChI is InChI=1S/C31H42FN3O6/c1-4-31(5-2,30(37)40-15-9-14-32)34-28(36)26-12-13-27(35-17-25(18-35)38-3)29(33-26)41-21-24-16-23(24)20-39-19-22-10-7-6-8-11-22/h6-8,10-13,23-25H,4-5,9,14-21H2,1-3H3,(H,34,36)/t23-,24-/m1/s1. The number of ether oxygens (including phenoxy) is 4. The third-order valence-electron chi connectivity index (χ3n) is 8.00. The van der Waals surface area contributed by atoms with Gasteiger partial charge in [-0.3, -0.25) is 9.18 Å². The molecular formula is C31H42FN3O6. The number of halogens is 1. The van der Waals surface area contributed by atoms with Crippen LogP contribution in [-0.4, -0.2) is 75.2 Å². The molecule has 0 unspecified atom stereocenters. The van der Waals surface area contributed by atoms with Crippen molar-refractivity contribution in [3.8, 4) is 5.88 Å². The summed E-state index contributed by atoms with van der Waals surface area (Å²) in [6.07, 6.45) is 1.92. The van der Waals surface area contributed by atoms with Crippen LogP contribution in [0.15, 0.2) is 42.5 Å². The van der Waals surface area contributed by atoms with Gasteiger partial charge in [0.1, 0.15) is 16.9 Å². The molecule has 1 saturated carbocycles. The molecule has 1 saturated heterocycles. The van der Waals surface area contributed by atoms with Crippen molar-refractivity contribution < 1.29 is 32.9 Å². The number of methoxy groups -OCH3 is 1. The number of benzene rings is 1. The number of hydrogen-bond donors (Lipinski definition) is 1. The molecule has 1 amide bonds. The fourth-order valence-electron chi connectivity index (χ4n) is 4.90. The molecule has 224 valence electrons. The highest BCUT2D eigenvalue weighted by molar-refractivity contribution is 5.97. The minimum absolute atomic E-state index is 0.0321. The Morgan fingerprint density at radius 2 is 1.80 bits per heavy atom. The van der Waals surface area contributed by atoms with Gasteiger partial charge in [-0.15, -0.1) is 0 Å². The summed E-state index contributed by atoms with van der Waals surface area (Å²) in [5.41, 5.74) is 0.875. The number of carbonyl (C=O) groups is 2. The van der Waals surface area contributed by atoms with E-state index in [1.165, 1.54) is 0 Å². The Hall–Kier alpha value is -3.24.